The summed E-state index contributed by atoms with van der Waals surface area (Å²) in [6.45, 7) is 11.5. The third-order valence-corrected chi connectivity index (χ3v) is 10.8. The Bertz CT molecular complexity index is 662. The van der Waals surface area contributed by atoms with Crippen molar-refractivity contribution in [1.29, 1.82) is 0 Å². The molecule has 4 aliphatic rings. The first-order chi connectivity index (χ1) is 14.2. The fraction of sp³-hybridized carbons (Fsp3) is 0.893. The van der Waals surface area contributed by atoms with Gasteiger partial charge >= 0.3 is 0 Å². The number of ketones is 1. The molecule has 4 rings (SSSR count). The summed E-state index contributed by atoms with van der Waals surface area (Å²) in [5, 5.41) is 10.2. The molecule has 0 aliphatic heterocycles. The lowest BCUT2D eigenvalue weighted by atomic mass is 9.39. The highest BCUT2D eigenvalue weighted by atomic mass is 16.3. The monoisotopic (exact) mass is 414 g/mol. The van der Waals surface area contributed by atoms with Crippen LogP contribution in [0.1, 0.15) is 105 Å². The van der Waals surface area contributed by atoms with Crippen LogP contribution in [0.25, 0.3) is 0 Å². The number of carbonyl (C=O) groups is 1. The van der Waals surface area contributed by atoms with E-state index < -0.39 is 0 Å². The van der Waals surface area contributed by atoms with Crippen molar-refractivity contribution in [1.82, 2.24) is 0 Å². The number of Topliss-reactive ketones (excluding diaryl/α,β-unsaturated/α-hetero) is 1. The van der Waals surface area contributed by atoms with Crippen molar-refractivity contribution in [3.63, 3.8) is 0 Å². The fourth-order valence-corrected chi connectivity index (χ4v) is 9.03. The molecule has 2 heteroatoms. The molecule has 0 amide bonds. The minimum atomic E-state index is 0.268. The van der Waals surface area contributed by atoms with Crippen LogP contribution in [-0.2, 0) is 4.79 Å². The average molecular weight is 415 g/mol. The van der Waals surface area contributed by atoms with Gasteiger partial charge in [-0.15, -0.1) is 12.3 Å². The smallest absolute Gasteiger partial charge is 0.129 e. The first-order valence-corrected chi connectivity index (χ1v) is 12.7. The Balaban J connectivity index is 0.000000806. The molecule has 0 saturated heterocycles. The fourth-order valence-electron chi connectivity index (χ4n) is 9.03. The van der Waals surface area contributed by atoms with Crippen molar-refractivity contribution in [2.24, 2.45) is 45.8 Å². The highest BCUT2D eigenvalue weighted by Gasteiger charge is 2.62. The van der Waals surface area contributed by atoms with E-state index in [9.17, 15) is 9.90 Å². The van der Waals surface area contributed by atoms with Gasteiger partial charge in [-0.3, -0.25) is 0 Å². The van der Waals surface area contributed by atoms with Crippen molar-refractivity contribution in [2.45, 2.75) is 105 Å². The Morgan fingerprint density at radius 3 is 2.40 bits per heavy atom. The largest absolute Gasteiger partial charge is 0.396 e. The highest BCUT2D eigenvalue weighted by Crippen LogP contribution is 2.70. The second kappa shape index (κ2) is 8.97. The van der Waals surface area contributed by atoms with Gasteiger partial charge in [-0.05, 0) is 117 Å². The van der Waals surface area contributed by atoms with Gasteiger partial charge in [0.1, 0.15) is 5.78 Å². The number of rotatable bonds is 4. The normalized spacial score (nSPS) is 47.0. The van der Waals surface area contributed by atoms with Crippen LogP contribution < -0.4 is 0 Å². The summed E-state index contributed by atoms with van der Waals surface area (Å²) in [4.78, 5) is 11.8. The first-order valence-electron chi connectivity index (χ1n) is 12.7. The summed E-state index contributed by atoms with van der Waals surface area (Å²) in [6.07, 6.45) is 18.5. The van der Waals surface area contributed by atoms with Crippen LogP contribution in [0, 0.1) is 58.2 Å². The molecule has 8 atom stereocenters. The second-order valence-corrected chi connectivity index (χ2v) is 11.9. The summed E-state index contributed by atoms with van der Waals surface area (Å²) >= 11 is 0. The Kier molecular flexibility index (Phi) is 7.13. The predicted octanol–water partition coefficient (Wildman–Crippen LogP) is 6.65. The van der Waals surface area contributed by atoms with Crippen molar-refractivity contribution < 1.29 is 9.90 Å². The van der Waals surface area contributed by atoms with Gasteiger partial charge in [-0.2, -0.15) is 0 Å². The summed E-state index contributed by atoms with van der Waals surface area (Å²) in [5.74, 6) is 6.60. The van der Waals surface area contributed by atoms with E-state index in [1.165, 1.54) is 57.8 Å². The molecule has 4 fully saturated rings. The summed E-state index contributed by atoms with van der Waals surface area (Å²) in [7, 11) is 0. The van der Waals surface area contributed by atoms with Gasteiger partial charge in [0, 0.05) is 13.0 Å². The van der Waals surface area contributed by atoms with Crippen LogP contribution in [0.15, 0.2) is 0 Å². The second-order valence-electron chi connectivity index (χ2n) is 11.9. The molecule has 170 valence electrons. The van der Waals surface area contributed by atoms with Crippen LogP contribution in [0.4, 0.5) is 0 Å². The van der Waals surface area contributed by atoms with E-state index in [-0.39, 0.29) is 5.41 Å². The van der Waals surface area contributed by atoms with E-state index in [4.69, 9.17) is 0 Å². The predicted molar refractivity (Wildman–Crippen MR) is 125 cm³/mol. The van der Waals surface area contributed by atoms with E-state index in [2.05, 4.69) is 33.1 Å². The Morgan fingerprint density at radius 2 is 1.77 bits per heavy atom. The van der Waals surface area contributed by atoms with Gasteiger partial charge < -0.3 is 9.90 Å². The van der Waals surface area contributed by atoms with Crippen LogP contribution in [0.3, 0.4) is 0 Å². The lowest BCUT2D eigenvalue weighted by molar-refractivity contribution is -0.170. The molecule has 4 aliphatic carbocycles. The van der Waals surface area contributed by atoms with E-state index in [0.29, 0.717) is 23.2 Å². The molecule has 0 aromatic carbocycles. The summed E-state index contributed by atoms with van der Waals surface area (Å²) < 4.78 is 0. The van der Waals surface area contributed by atoms with Gasteiger partial charge in [0.05, 0.1) is 0 Å². The van der Waals surface area contributed by atoms with E-state index in [0.717, 1.165) is 42.4 Å². The maximum atomic E-state index is 11.8. The van der Waals surface area contributed by atoms with E-state index in [1.807, 2.05) is 0 Å². The molecular formula is C28H46O2. The topological polar surface area (TPSA) is 37.3 Å². The summed E-state index contributed by atoms with van der Waals surface area (Å²) in [6, 6.07) is 0. The number of fused-ring (bicyclic) bond motifs is 5. The lowest BCUT2D eigenvalue weighted by Gasteiger charge is -2.65. The number of terminal acetylenes is 1. The van der Waals surface area contributed by atoms with Crippen LogP contribution >= 0.6 is 0 Å². The Morgan fingerprint density at radius 1 is 1.07 bits per heavy atom. The lowest BCUT2D eigenvalue weighted by Crippen LogP contribution is -2.58. The minimum Gasteiger partial charge on any atom is -0.396 e. The molecule has 0 radical (unpaired) electrons. The molecule has 1 N–H and O–H groups in total. The molecule has 2 nitrogen and oxygen atoms in total. The van der Waals surface area contributed by atoms with Crippen molar-refractivity contribution in [3.8, 4) is 12.3 Å². The maximum absolute atomic E-state index is 11.8. The van der Waals surface area contributed by atoms with Gasteiger partial charge in [0.25, 0.3) is 0 Å². The molecule has 4 saturated carbocycles. The molecule has 30 heavy (non-hydrogen) atoms. The van der Waals surface area contributed by atoms with Crippen molar-refractivity contribution in [3.05, 3.63) is 0 Å². The molecule has 0 aromatic heterocycles. The molecular weight excluding hydrogens is 368 g/mol. The molecule has 0 aromatic rings. The van der Waals surface area contributed by atoms with Gasteiger partial charge in [-0.25, -0.2) is 0 Å². The first kappa shape index (κ1) is 23.8. The van der Waals surface area contributed by atoms with Crippen molar-refractivity contribution in [2.75, 3.05) is 6.61 Å². The van der Waals surface area contributed by atoms with Crippen LogP contribution in [0.5, 0.6) is 0 Å². The number of aliphatic hydroxyl groups is 1. The van der Waals surface area contributed by atoms with Gasteiger partial charge in [0.15, 0.2) is 0 Å². The molecule has 0 heterocycles. The van der Waals surface area contributed by atoms with Gasteiger partial charge in [0.2, 0.25) is 0 Å². The highest BCUT2D eigenvalue weighted by molar-refractivity contribution is 5.75. The van der Waals surface area contributed by atoms with Crippen LogP contribution in [-0.4, -0.2) is 17.5 Å². The minimum absolute atomic E-state index is 0.268. The number of hydrogen-bond acceptors (Lipinski definition) is 2. The van der Waals surface area contributed by atoms with Crippen molar-refractivity contribution >= 4 is 5.78 Å². The molecule has 0 spiro atoms. The Labute approximate surface area is 186 Å². The SMILES string of the molecule is C#CC.CC(=O)CCC1(C)C(C)CCC2(C)C3CCC4(CO)CCCC4C3CCC12. The van der Waals surface area contributed by atoms with E-state index in [1.54, 1.807) is 13.8 Å². The molecule has 0 bridgehead atoms. The standard InChI is InChI=1S/C25H42O2.C3H4/c1-17-9-13-24(4)20-11-15-25(16-26)12-5-6-21(25)19(20)7-8-22(24)23(17,3)14-10-18(2)27;1-3-2/h17,19-22,26H,5-16H2,1-4H3;1H,2H3. The van der Waals surface area contributed by atoms with Crippen LogP contribution in [0.2, 0.25) is 0 Å². The number of carbonyl (C=O) groups excluding carboxylic acids is 1. The zero-order valence-corrected chi connectivity index (χ0v) is 20.3. The molecule has 8 unspecified atom stereocenters. The van der Waals surface area contributed by atoms with Gasteiger partial charge in [-0.1, -0.05) is 27.2 Å². The zero-order chi connectivity index (χ0) is 22.2. The zero-order valence-electron chi connectivity index (χ0n) is 20.3. The number of hydrogen-bond donors (Lipinski definition) is 1. The number of aliphatic hydroxyl groups excluding tert-OH is 1. The maximum Gasteiger partial charge on any atom is 0.129 e. The third-order valence-electron chi connectivity index (χ3n) is 10.8. The summed E-state index contributed by atoms with van der Waals surface area (Å²) in [5.41, 5.74) is 1.04. The average Bonchev–Trinajstić information content (AvgIpc) is 3.15. The third kappa shape index (κ3) is 3.79. The Hall–Kier alpha value is -0.810. The quantitative estimate of drug-likeness (QED) is 0.523. The van der Waals surface area contributed by atoms with E-state index >= 15 is 0 Å².